The molecule has 0 spiro atoms. The van der Waals surface area contributed by atoms with E-state index in [-0.39, 0.29) is 24.7 Å². The Balaban J connectivity index is 1.27. The number of ether oxygens (including phenoxy) is 3. The first-order valence-electron chi connectivity index (χ1n) is 19.3. The topological polar surface area (TPSA) is 78.9 Å². The van der Waals surface area contributed by atoms with E-state index < -0.39 is 20.0 Å². The molecule has 0 bridgehead atoms. The molecule has 4 rings (SSSR count). The molecule has 3 fully saturated rings. The summed E-state index contributed by atoms with van der Waals surface area (Å²) in [6.07, 6.45) is 20.3. The maximum absolute atomic E-state index is 12.4. The molecule has 0 aromatic heterocycles. The Morgan fingerprint density at radius 1 is 0.875 bits per heavy atom. The molecule has 1 heterocycles. The molecule has 2 aliphatic carbocycles. The number of benzene rings is 1. The minimum absolute atomic E-state index is 0.0644. The number of hydrogen-bond acceptors (Lipinski definition) is 6. The van der Waals surface area contributed by atoms with Gasteiger partial charge in [0.05, 0.1) is 27.5 Å². The summed E-state index contributed by atoms with van der Waals surface area (Å²) in [5.41, 5.74) is 3.05. The van der Waals surface area contributed by atoms with E-state index in [1.54, 1.807) is 6.92 Å². The summed E-state index contributed by atoms with van der Waals surface area (Å²) in [5.74, 6) is 2.15. The minimum Gasteiger partial charge on any atom is -0.457 e. The number of esters is 3. The highest BCUT2D eigenvalue weighted by Gasteiger charge is 2.33. The quantitative estimate of drug-likeness (QED) is 0.0505. The number of rotatable bonds is 18. The second kappa shape index (κ2) is 19.2. The summed E-state index contributed by atoms with van der Waals surface area (Å²) in [6.45, 7) is 14.1. The van der Waals surface area contributed by atoms with Crippen LogP contribution in [0.5, 0.6) is 0 Å². The van der Waals surface area contributed by atoms with Gasteiger partial charge in [-0.1, -0.05) is 107 Å². The van der Waals surface area contributed by atoms with E-state index in [1.807, 2.05) is 0 Å². The van der Waals surface area contributed by atoms with Gasteiger partial charge >= 0.3 is 17.9 Å². The first-order valence-corrected chi connectivity index (χ1v) is 22.5. The Hall–Kier alpha value is -2.25. The molecular formula is C41H64O6Si. The van der Waals surface area contributed by atoms with Crippen LogP contribution in [0.15, 0.2) is 30.4 Å². The van der Waals surface area contributed by atoms with E-state index in [0.717, 1.165) is 43.1 Å². The molecule has 0 amide bonds. The second-order valence-electron chi connectivity index (χ2n) is 16.1. The third-order valence-corrected chi connectivity index (χ3v) is 15.2. The highest BCUT2D eigenvalue weighted by molar-refractivity contribution is 6.90. The lowest BCUT2D eigenvalue weighted by atomic mass is 9.68. The number of carbonyl (C=O) groups excluding carboxylic acids is 3. The maximum atomic E-state index is 12.4. The molecule has 1 aromatic carbocycles. The van der Waals surface area contributed by atoms with Crippen molar-refractivity contribution in [2.45, 2.75) is 155 Å². The Kier molecular flexibility index (Phi) is 15.4. The lowest BCUT2D eigenvalue weighted by Crippen LogP contribution is -2.43. The molecule has 3 aliphatic rings. The van der Waals surface area contributed by atoms with Crippen LogP contribution in [-0.2, 0) is 35.2 Å². The zero-order valence-electron chi connectivity index (χ0n) is 30.6. The lowest BCUT2D eigenvalue weighted by molar-refractivity contribution is -0.166. The SMILES string of the molecule is C=C(C)C(=O)OCc1cc(C2CCC(C3CCC(CCCCC)CC3)CC2)ccc1[Si](C)(C)CCCCCOCC1CC(=O)OC(=O)C1. The van der Waals surface area contributed by atoms with Gasteiger partial charge in [0.1, 0.15) is 6.61 Å². The van der Waals surface area contributed by atoms with E-state index in [2.05, 4.69) is 49.5 Å². The zero-order valence-corrected chi connectivity index (χ0v) is 31.6. The Labute approximate surface area is 292 Å². The third kappa shape index (κ3) is 12.0. The monoisotopic (exact) mass is 680 g/mol. The fraction of sp³-hybridized carbons (Fsp3) is 0.732. The molecule has 1 aromatic rings. The third-order valence-electron chi connectivity index (χ3n) is 11.7. The normalized spacial score (nSPS) is 23.9. The van der Waals surface area contributed by atoms with Gasteiger partial charge in [-0.2, -0.15) is 0 Å². The van der Waals surface area contributed by atoms with Crippen molar-refractivity contribution in [2.24, 2.45) is 23.7 Å². The largest absolute Gasteiger partial charge is 0.457 e. The van der Waals surface area contributed by atoms with Crippen molar-refractivity contribution in [3.05, 3.63) is 41.5 Å². The number of cyclic esters (lactones) is 2. The van der Waals surface area contributed by atoms with Gasteiger partial charge in [0, 0.05) is 18.1 Å². The fourth-order valence-corrected chi connectivity index (χ4v) is 11.6. The van der Waals surface area contributed by atoms with E-state index >= 15 is 0 Å². The lowest BCUT2D eigenvalue weighted by Gasteiger charge is -2.38. The highest BCUT2D eigenvalue weighted by atomic mass is 28.3. The van der Waals surface area contributed by atoms with Crippen LogP contribution in [0.25, 0.3) is 0 Å². The average Bonchev–Trinajstić information content (AvgIpc) is 3.06. The average molecular weight is 681 g/mol. The van der Waals surface area contributed by atoms with Crippen molar-refractivity contribution < 1.29 is 28.6 Å². The van der Waals surface area contributed by atoms with Crippen LogP contribution in [0.2, 0.25) is 19.1 Å². The van der Waals surface area contributed by atoms with Crippen molar-refractivity contribution in [3.63, 3.8) is 0 Å². The Morgan fingerprint density at radius 2 is 1.54 bits per heavy atom. The molecule has 2 saturated carbocycles. The summed E-state index contributed by atoms with van der Waals surface area (Å²) < 4.78 is 16.2. The summed E-state index contributed by atoms with van der Waals surface area (Å²) in [5, 5.41) is 1.40. The first-order chi connectivity index (χ1) is 23.1. The minimum atomic E-state index is -1.80. The van der Waals surface area contributed by atoms with Crippen molar-refractivity contribution in [1.82, 2.24) is 0 Å². The molecule has 48 heavy (non-hydrogen) atoms. The number of carbonyl (C=O) groups is 3. The van der Waals surface area contributed by atoms with Crippen LogP contribution < -0.4 is 5.19 Å². The zero-order chi connectivity index (χ0) is 34.5. The van der Waals surface area contributed by atoms with Gasteiger partial charge in [0.15, 0.2) is 0 Å². The molecule has 1 saturated heterocycles. The predicted molar refractivity (Wildman–Crippen MR) is 196 cm³/mol. The summed E-state index contributed by atoms with van der Waals surface area (Å²) in [4.78, 5) is 35.4. The molecular weight excluding hydrogens is 617 g/mol. The van der Waals surface area contributed by atoms with Crippen molar-refractivity contribution in [3.8, 4) is 0 Å². The van der Waals surface area contributed by atoms with Crippen LogP contribution in [0.3, 0.4) is 0 Å². The van der Waals surface area contributed by atoms with Crippen LogP contribution in [0.1, 0.15) is 140 Å². The molecule has 0 unspecified atom stereocenters. The summed E-state index contributed by atoms with van der Waals surface area (Å²) in [6, 6.07) is 8.29. The standard InChI is InChI=1S/C41H64O6Si/c1-6-7-9-12-31-13-15-33(16-14-31)34-17-19-35(20-18-34)36-21-22-38(37(27-36)29-46-41(44)30(2)3)48(4,5)24-11-8-10-23-45-28-32-25-39(42)47-40(43)26-32/h21-22,27,31-35H,2,6-20,23-26,28-29H2,1,3-5H3. The van der Waals surface area contributed by atoms with E-state index in [0.29, 0.717) is 31.3 Å². The van der Waals surface area contributed by atoms with Gasteiger partial charge < -0.3 is 14.2 Å². The molecule has 268 valence electrons. The molecule has 0 N–H and O–H groups in total. The molecule has 0 atom stereocenters. The highest BCUT2D eigenvalue weighted by Crippen LogP contribution is 2.44. The van der Waals surface area contributed by atoms with Gasteiger partial charge in [0.2, 0.25) is 0 Å². The van der Waals surface area contributed by atoms with Crippen LogP contribution in [0.4, 0.5) is 0 Å². The smallest absolute Gasteiger partial charge is 0.333 e. The predicted octanol–water partition coefficient (Wildman–Crippen LogP) is 9.55. The Morgan fingerprint density at radius 3 is 2.19 bits per heavy atom. The van der Waals surface area contributed by atoms with Gasteiger partial charge in [-0.25, -0.2) is 4.79 Å². The second-order valence-corrected chi connectivity index (χ2v) is 20.9. The van der Waals surface area contributed by atoms with Gasteiger partial charge in [-0.15, -0.1) is 0 Å². The first kappa shape index (κ1) is 38.5. The fourth-order valence-electron chi connectivity index (χ4n) is 8.67. The van der Waals surface area contributed by atoms with Gasteiger partial charge in [-0.3, -0.25) is 9.59 Å². The van der Waals surface area contributed by atoms with Crippen molar-refractivity contribution >= 4 is 31.2 Å². The molecule has 7 heteroatoms. The van der Waals surface area contributed by atoms with Crippen molar-refractivity contribution in [1.29, 1.82) is 0 Å². The van der Waals surface area contributed by atoms with Crippen LogP contribution in [0, 0.1) is 23.7 Å². The van der Waals surface area contributed by atoms with E-state index in [1.165, 1.54) is 93.4 Å². The molecule has 6 nitrogen and oxygen atoms in total. The summed E-state index contributed by atoms with van der Waals surface area (Å²) in [7, 11) is -1.80. The van der Waals surface area contributed by atoms with E-state index in [9.17, 15) is 14.4 Å². The van der Waals surface area contributed by atoms with Crippen LogP contribution >= 0.6 is 0 Å². The van der Waals surface area contributed by atoms with Gasteiger partial charge in [-0.05, 0) is 86.7 Å². The molecule has 1 aliphatic heterocycles. The van der Waals surface area contributed by atoms with Crippen molar-refractivity contribution in [2.75, 3.05) is 13.2 Å². The summed E-state index contributed by atoms with van der Waals surface area (Å²) >= 11 is 0. The Bertz CT molecular complexity index is 1190. The number of hydrogen-bond donors (Lipinski definition) is 0. The molecule has 0 radical (unpaired) electrons. The van der Waals surface area contributed by atoms with Crippen LogP contribution in [-0.4, -0.2) is 39.2 Å². The van der Waals surface area contributed by atoms with Gasteiger partial charge in [0.25, 0.3) is 0 Å². The number of unbranched alkanes of at least 4 members (excludes halogenated alkanes) is 4. The van der Waals surface area contributed by atoms with E-state index in [4.69, 9.17) is 9.47 Å². The maximum Gasteiger partial charge on any atom is 0.333 e.